The van der Waals surface area contributed by atoms with Gasteiger partial charge >= 0.3 is 0 Å². The molecule has 2 nitrogen and oxygen atoms in total. The molecule has 0 saturated carbocycles. The van der Waals surface area contributed by atoms with Gasteiger partial charge in [0.1, 0.15) is 5.75 Å². The first kappa shape index (κ1) is 15.3. The maximum absolute atomic E-state index is 5.71. The summed E-state index contributed by atoms with van der Waals surface area (Å²) in [5.74, 6) is 2.30. The molecular formula is C15H23ClO2. The topological polar surface area (TPSA) is 18.5 Å². The van der Waals surface area contributed by atoms with Gasteiger partial charge in [0.15, 0.2) is 0 Å². The van der Waals surface area contributed by atoms with Crippen molar-refractivity contribution in [2.24, 2.45) is 5.92 Å². The van der Waals surface area contributed by atoms with E-state index in [1.54, 1.807) is 7.11 Å². The fourth-order valence-electron chi connectivity index (χ4n) is 1.68. The summed E-state index contributed by atoms with van der Waals surface area (Å²) in [6, 6.07) is 8.24. The minimum atomic E-state index is 0.628. The average Bonchev–Trinajstić information content (AvgIpc) is 2.38. The number of halogens is 1. The molecule has 1 aromatic rings. The highest BCUT2D eigenvalue weighted by Gasteiger charge is 2.02. The minimum absolute atomic E-state index is 0.628. The van der Waals surface area contributed by atoms with Gasteiger partial charge in [-0.2, -0.15) is 0 Å². The van der Waals surface area contributed by atoms with Crippen LogP contribution in [0.2, 0.25) is 0 Å². The summed E-state index contributed by atoms with van der Waals surface area (Å²) in [5, 5.41) is 0. The Balaban J connectivity index is 2.26. The van der Waals surface area contributed by atoms with E-state index >= 15 is 0 Å². The van der Waals surface area contributed by atoms with E-state index in [1.165, 1.54) is 5.56 Å². The fourth-order valence-corrected chi connectivity index (χ4v) is 2.05. The minimum Gasteiger partial charge on any atom is -0.494 e. The molecule has 0 fully saturated rings. The van der Waals surface area contributed by atoms with Crippen molar-refractivity contribution in [1.82, 2.24) is 0 Å². The lowest BCUT2D eigenvalue weighted by atomic mass is 10.1. The second kappa shape index (κ2) is 9.23. The van der Waals surface area contributed by atoms with E-state index in [9.17, 15) is 0 Å². The van der Waals surface area contributed by atoms with Crippen molar-refractivity contribution in [3.8, 4) is 5.75 Å². The van der Waals surface area contributed by atoms with Crippen LogP contribution >= 0.6 is 11.6 Å². The smallest absolute Gasteiger partial charge is 0.119 e. The lowest BCUT2D eigenvalue weighted by Gasteiger charge is -2.11. The number of benzene rings is 1. The van der Waals surface area contributed by atoms with E-state index in [-0.39, 0.29) is 0 Å². The quantitative estimate of drug-likeness (QED) is 0.634. The average molecular weight is 271 g/mol. The standard InChI is InChI=1S/C15H23ClO2/c1-13(7-10-16)8-12-18-15-5-3-14(4-6-15)9-11-17-2/h3-6,13H,7-12H2,1-2H3. The Morgan fingerprint density at radius 3 is 2.44 bits per heavy atom. The molecule has 0 saturated heterocycles. The van der Waals surface area contributed by atoms with E-state index in [1.807, 2.05) is 12.1 Å². The number of hydrogen-bond donors (Lipinski definition) is 0. The fraction of sp³-hybridized carbons (Fsp3) is 0.600. The van der Waals surface area contributed by atoms with Crippen LogP contribution in [0.5, 0.6) is 5.75 Å². The maximum atomic E-state index is 5.71. The van der Waals surface area contributed by atoms with Gasteiger partial charge in [0, 0.05) is 13.0 Å². The highest BCUT2D eigenvalue weighted by atomic mass is 35.5. The zero-order chi connectivity index (χ0) is 13.2. The SMILES string of the molecule is COCCc1ccc(OCCC(C)CCCl)cc1. The van der Waals surface area contributed by atoms with Crippen LogP contribution in [0.25, 0.3) is 0 Å². The number of hydrogen-bond acceptors (Lipinski definition) is 2. The number of rotatable bonds is 9. The Kier molecular flexibility index (Phi) is 7.86. The lowest BCUT2D eigenvalue weighted by molar-refractivity contribution is 0.202. The molecule has 0 aliphatic heterocycles. The highest BCUT2D eigenvalue weighted by Crippen LogP contribution is 2.15. The number of alkyl halides is 1. The van der Waals surface area contributed by atoms with Crippen LogP contribution in [-0.2, 0) is 11.2 Å². The molecule has 0 heterocycles. The van der Waals surface area contributed by atoms with E-state index < -0.39 is 0 Å². The molecule has 0 aromatic heterocycles. The predicted octanol–water partition coefficient (Wildman–Crippen LogP) is 3.91. The largest absolute Gasteiger partial charge is 0.494 e. The molecule has 1 aromatic carbocycles. The zero-order valence-electron chi connectivity index (χ0n) is 11.3. The van der Waals surface area contributed by atoms with Crippen molar-refractivity contribution in [1.29, 1.82) is 0 Å². The third kappa shape index (κ3) is 6.27. The van der Waals surface area contributed by atoms with Gasteiger partial charge in [-0.3, -0.25) is 0 Å². The van der Waals surface area contributed by atoms with Crippen LogP contribution in [0.1, 0.15) is 25.3 Å². The van der Waals surface area contributed by atoms with Crippen LogP contribution in [0.15, 0.2) is 24.3 Å². The van der Waals surface area contributed by atoms with Crippen molar-refractivity contribution >= 4 is 11.6 Å². The molecule has 0 N–H and O–H groups in total. The summed E-state index contributed by atoms with van der Waals surface area (Å²) in [4.78, 5) is 0. The molecule has 1 atom stereocenters. The van der Waals surface area contributed by atoms with E-state index in [0.717, 1.165) is 44.1 Å². The van der Waals surface area contributed by atoms with E-state index in [0.29, 0.717) is 5.92 Å². The van der Waals surface area contributed by atoms with Crippen molar-refractivity contribution in [3.63, 3.8) is 0 Å². The Bertz CT molecular complexity index is 311. The van der Waals surface area contributed by atoms with Crippen molar-refractivity contribution in [2.45, 2.75) is 26.2 Å². The van der Waals surface area contributed by atoms with Gasteiger partial charge in [-0.15, -0.1) is 11.6 Å². The predicted molar refractivity (Wildman–Crippen MR) is 76.6 cm³/mol. The van der Waals surface area contributed by atoms with Gasteiger partial charge in [-0.1, -0.05) is 19.1 Å². The molecule has 0 aliphatic carbocycles. The number of methoxy groups -OCH3 is 1. The molecule has 18 heavy (non-hydrogen) atoms. The summed E-state index contributed by atoms with van der Waals surface area (Å²) in [7, 11) is 1.72. The normalized spacial score (nSPS) is 12.4. The third-order valence-electron chi connectivity index (χ3n) is 3.00. The van der Waals surface area contributed by atoms with Gasteiger partial charge in [0.2, 0.25) is 0 Å². The summed E-state index contributed by atoms with van der Waals surface area (Å²) < 4.78 is 10.8. The first-order valence-corrected chi connectivity index (χ1v) is 7.06. The molecule has 1 rings (SSSR count). The van der Waals surface area contributed by atoms with Gasteiger partial charge in [0.05, 0.1) is 13.2 Å². The zero-order valence-corrected chi connectivity index (χ0v) is 12.1. The van der Waals surface area contributed by atoms with Gasteiger partial charge in [-0.25, -0.2) is 0 Å². The van der Waals surface area contributed by atoms with Gasteiger partial charge in [-0.05, 0) is 42.9 Å². The van der Waals surface area contributed by atoms with E-state index in [2.05, 4.69) is 19.1 Å². The summed E-state index contributed by atoms with van der Waals surface area (Å²) >= 11 is 5.70. The van der Waals surface area contributed by atoms with Crippen molar-refractivity contribution in [2.75, 3.05) is 26.2 Å². The van der Waals surface area contributed by atoms with Crippen LogP contribution in [0.4, 0.5) is 0 Å². The summed E-state index contributed by atoms with van der Waals surface area (Å²) in [6.45, 7) is 3.73. The molecule has 0 bridgehead atoms. The van der Waals surface area contributed by atoms with Crippen molar-refractivity contribution in [3.05, 3.63) is 29.8 Å². The number of ether oxygens (including phenoxy) is 2. The molecule has 0 radical (unpaired) electrons. The Morgan fingerprint density at radius 1 is 1.11 bits per heavy atom. The first-order valence-electron chi connectivity index (χ1n) is 6.53. The molecule has 0 spiro atoms. The van der Waals surface area contributed by atoms with Gasteiger partial charge in [0.25, 0.3) is 0 Å². The van der Waals surface area contributed by atoms with Crippen molar-refractivity contribution < 1.29 is 9.47 Å². The van der Waals surface area contributed by atoms with Crippen LogP contribution in [-0.4, -0.2) is 26.2 Å². The first-order chi connectivity index (χ1) is 8.76. The van der Waals surface area contributed by atoms with Crippen LogP contribution < -0.4 is 4.74 Å². The second-order valence-electron chi connectivity index (χ2n) is 4.61. The molecule has 1 unspecified atom stereocenters. The molecule has 0 aliphatic rings. The highest BCUT2D eigenvalue weighted by molar-refractivity contribution is 6.17. The van der Waals surface area contributed by atoms with Gasteiger partial charge < -0.3 is 9.47 Å². The molecule has 102 valence electrons. The Morgan fingerprint density at radius 2 is 1.83 bits per heavy atom. The lowest BCUT2D eigenvalue weighted by Crippen LogP contribution is -2.04. The Hall–Kier alpha value is -0.730. The summed E-state index contributed by atoms with van der Waals surface area (Å²) in [6.07, 6.45) is 3.06. The van der Waals surface area contributed by atoms with Crippen LogP contribution in [0, 0.1) is 5.92 Å². The van der Waals surface area contributed by atoms with E-state index in [4.69, 9.17) is 21.1 Å². The second-order valence-corrected chi connectivity index (χ2v) is 4.98. The monoisotopic (exact) mass is 270 g/mol. The maximum Gasteiger partial charge on any atom is 0.119 e. The Labute approximate surface area is 115 Å². The van der Waals surface area contributed by atoms with Crippen LogP contribution in [0.3, 0.4) is 0 Å². The molecule has 3 heteroatoms. The molecule has 0 amide bonds. The third-order valence-corrected chi connectivity index (χ3v) is 3.22. The summed E-state index contributed by atoms with van der Waals surface area (Å²) in [5.41, 5.74) is 1.28. The molecular weight excluding hydrogens is 248 g/mol.